The van der Waals surface area contributed by atoms with Gasteiger partial charge in [0.15, 0.2) is 0 Å². The largest absolute Gasteiger partial charge is 0.481 e. The first kappa shape index (κ1) is 12.9. The number of carboxylic acid groups (broad SMARTS) is 1. The van der Waals surface area contributed by atoms with Crippen LogP contribution in [0.3, 0.4) is 0 Å². The van der Waals surface area contributed by atoms with Crippen LogP contribution in [0.4, 0.5) is 0 Å². The molecule has 0 radical (unpaired) electrons. The summed E-state index contributed by atoms with van der Waals surface area (Å²) in [6.07, 6.45) is 10.9. The Balaban J connectivity index is 2.04. The lowest BCUT2D eigenvalue weighted by Crippen LogP contribution is -2.49. The molecule has 0 aliphatic heterocycles. The van der Waals surface area contributed by atoms with Gasteiger partial charge in [-0.2, -0.15) is 0 Å². The summed E-state index contributed by atoms with van der Waals surface area (Å²) in [6.45, 7) is 0.312. The standard InChI is InChI=1S/C14H19NO3/c1-2-9-15(10-5-3-4-6-10)13(16)11-7-8-12(11)14(17)18/h1,10-12H,3-9H2,(H,17,18). The molecule has 0 spiro atoms. The maximum Gasteiger partial charge on any atom is 0.307 e. The Bertz CT molecular complexity index is 379. The molecule has 2 saturated carbocycles. The van der Waals surface area contributed by atoms with Gasteiger partial charge >= 0.3 is 5.97 Å². The van der Waals surface area contributed by atoms with Crippen LogP contribution >= 0.6 is 0 Å². The molecule has 0 aromatic carbocycles. The molecule has 1 amide bonds. The normalized spacial score (nSPS) is 27.3. The van der Waals surface area contributed by atoms with Crippen LogP contribution in [0.5, 0.6) is 0 Å². The molecule has 4 heteroatoms. The molecule has 2 aliphatic carbocycles. The predicted octanol–water partition coefficient (Wildman–Crippen LogP) is 1.50. The zero-order valence-corrected chi connectivity index (χ0v) is 10.5. The van der Waals surface area contributed by atoms with E-state index in [1.54, 1.807) is 4.90 Å². The van der Waals surface area contributed by atoms with Crippen LogP contribution in [0.1, 0.15) is 38.5 Å². The van der Waals surface area contributed by atoms with Crippen molar-refractivity contribution in [2.75, 3.05) is 6.54 Å². The van der Waals surface area contributed by atoms with Crippen molar-refractivity contribution in [2.24, 2.45) is 11.8 Å². The molecule has 0 saturated heterocycles. The number of nitrogens with zero attached hydrogens (tertiary/aromatic N) is 1. The minimum atomic E-state index is -0.855. The van der Waals surface area contributed by atoms with Crippen LogP contribution in [0.2, 0.25) is 0 Å². The molecule has 0 aromatic rings. The van der Waals surface area contributed by atoms with Gasteiger partial charge in [-0.1, -0.05) is 18.8 Å². The van der Waals surface area contributed by atoms with Gasteiger partial charge in [0, 0.05) is 6.04 Å². The minimum absolute atomic E-state index is 0.0431. The summed E-state index contributed by atoms with van der Waals surface area (Å²) in [5.41, 5.74) is 0. The number of terminal acetylenes is 1. The topological polar surface area (TPSA) is 57.6 Å². The number of aliphatic carboxylic acids is 1. The fraction of sp³-hybridized carbons (Fsp3) is 0.714. The van der Waals surface area contributed by atoms with E-state index in [0.717, 1.165) is 25.7 Å². The van der Waals surface area contributed by atoms with Crippen LogP contribution < -0.4 is 0 Å². The first-order valence-corrected chi connectivity index (χ1v) is 6.62. The molecular formula is C14H19NO3. The molecule has 18 heavy (non-hydrogen) atoms. The Labute approximate surface area is 107 Å². The lowest BCUT2D eigenvalue weighted by Gasteiger charge is -2.38. The second kappa shape index (κ2) is 5.43. The molecule has 0 aromatic heterocycles. The average molecular weight is 249 g/mol. The quantitative estimate of drug-likeness (QED) is 0.768. The van der Waals surface area contributed by atoms with E-state index >= 15 is 0 Å². The van der Waals surface area contributed by atoms with Crippen molar-refractivity contribution in [2.45, 2.75) is 44.6 Å². The van der Waals surface area contributed by atoms with Crippen LogP contribution in [-0.4, -0.2) is 34.5 Å². The van der Waals surface area contributed by atoms with Crippen molar-refractivity contribution in [3.05, 3.63) is 0 Å². The summed E-state index contributed by atoms with van der Waals surface area (Å²) in [4.78, 5) is 25.1. The number of carbonyl (C=O) groups excluding carboxylic acids is 1. The van der Waals surface area contributed by atoms with Gasteiger partial charge in [0.25, 0.3) is 0 Å². The predicted molar refractivity (Wildman–Crippen MR) is 66.7 cm³/mol. The summed E-state index contributed by atoms with van der Waals surface area (Å²) in [6, 6.07) is 0.226. The molecule has 1 N–H and O–H groups in total. The Morgan fingerprint density at radius 3 is 2.22 bits per heavy atom. The third kappa shape index (κ3) is 2.35. The van der Waals surface area contributed by atoms with E-state index in [4.69, 9.17) is 11.5 Å². The van der Waals surface area contributed by atoms with Crippen LogP contribution in [0.15, 0.2) is 0 Å². The number of carboxylic acids is 1. The first-order chi connectivity index (χ1) is 8.65. The molecule has 98 valence electrons. The van der Waals surface area contributed by atoms with Gasteiger partial charge in [-0.25, -0.2) is 0 Å². The lowest BCUT2D eigenvalue weighted by molar-refractivity contribution is -0.157. The number of amides is 1. The van der Waals surface area contributed by atoms with Gasteiger partial charge < -0.3 is 10.0 Å². The van der Waals surface area contributed by atoms with Gasteiger partial charge in [0.1, 0.15) is 0 Å². The van der Waals surface area contributed by atoms with Gasteiger partial charge in [0.2, 0.25) is 5.91 Å². The van der Waals surface area contributed by atoms with Gasteiger partial charge in [-0.3, -0.25) is 9.59 Å². The molecule has 2 fully saturated rings. The minimum Gasteiger partial charge on any atom is -0.481 e. The summed E-state index contributed by atoms with van der Waals surface area (Å²) < 4.78 is 0. The fourth-order valence-corrected chi connectivity index (χ4v) is 3.01. The highest BCUT2D eigenvalue weighted by molar-refractivity contribution is 5.86. The second-order valence-electron chi connectivity index (χ2n) is 5.24. The molecule has 2 rings (SSSR count). The van der Waals surface area contributed by atoms with Crippen molar-refractivity contribution in [3.8, 4) is 12.3 Å². The third-order valence-corrected chi connectivity index (χ3v) is 4.22. The lowest BCUT2D eigenvalue weighted by atomic mass is 9.72. The number of hydrogen-bond donors (Lipinski definition) is 1. The molecule has 0 bridgehead atoms. The highest BCUT2D eigenvalue weighted by Gasteiger charge is 2.44. The Hall–Kier alpha value is -1.50. The SMILES string of the molecule is C#CCN(C(=O)C1CCC1C(=O)O)C1CCCC1. The van der Waals surface area contributed by atoms with Gasteiger partial charge in [-0.05, 0) is 25.7 Å². The van der Waals surface area contributed by atoms with Crippen molar-refractivity contribution >= 4 is 11.9 Å². The zero-order chi connectivity index (χ0) is 13.1. The van der Waals surface area contributed by atoms with Crippen molar-refractivity contribution in [1.29, 1.82) is 0 Å². The van der Waals surface area contributed by atoms with E-state index in [1.165, 1.54) is 0 Å². The van der Waals surface area contributed by atoms with E-state index in [-0.39, 0.29) is 17.9 Å². The Morgan fingerprint density at radius 2 is 1.78 bits per heavy atom. The van der Waals surface area contributed by atoms with Crippen LogP contribution in [0, 0.1) is 24.2 Å². The van der Waals surface area contributed by atoms with Gasteiger partial charge in [0.05, 0.1) is 18.4 Å². The molecule has 4 nitrogen and oxygen atoms in total. The van der Waals surface area contributed by atoms with Crippen molar-refractivity contribution < 1.29 is 14.7 Å². The van der Waals surface area contributed by atoms with E-state index < -0.39 is 11.9 Å². The number of carbonyl (C=O) groups is 2. The monoisotopic (exact) mass is 249 g/mol. The van der Waals surface area contributed by atoms with E-state index in [1.807, 2.05) is 0 Å². The molecule has 0 heterocycles. The van der Waals surface area contributed by atoms with Gasteiger partial charge in [-0.15, -0.1) is 6.42 Å². The maximum atomic E-state index is 12.4. The van der Waals surface area contributed by atoms with Crippen LogP contribution in [-0.2, 0) is 9.59 Å². The van der Waals surface area contributed by atoms with Crippen molar-refractivity contribution in [1.82, 2.24) is 4.90 Å². The summed E-state index contributed by atoms with van der Waals surface area (Å²) >= 11 is 0. The maximum absolute atomic E-state index is 12.4. The summed E-state index contributed by atoms with van der Waals surface area (Å²) in [5, 5.41) is 9.02. The fourth-order valence-electron chi connectivity index (χ4n) is 3.01. The Morgan fingerprint density at radius 1 is 1.17 bits per heavy atom. The number of rotatable bonds is 4. The smallest absolute Gasteiger partial charge is 0.307 e. The van der Waals surface area contributed by atoms with Crippen LogP contribution in [0.25, 0.3) is 0 Å². The highest BCUT2D eigenvalue weighted by atomic mass is 16.4. The zero-order valence-electron chi connectivity index (χ0n) is 10.5. The molecule has 2 unspecified atom stereocenters. The highest BCUT2D eigenvalue weighted by Crippen LogP contribution is 2.37. The van der Waals surface area contributed by atoms with E-state index in [9.17, 15) is 9.59 Å². The summed E-state index contributed by atoms with van der Waals surface area (Å²) in [5.74, 6) is 0.781. The first-order valence-electron chi connectivity index (χ1n) is 6.62. The molecular weight excluding hydrogens is 230 g/mol. The second-order valence-corrected chi connectivity index (χ2v) is 5.24. The Kier molecular flexibility index (Phi) is 3.90. The van der Waals surface area contributed by atoms with E-state index in [0.29, 0.717) is 19.4 Å². The third-order valence-electron chi connectivity index (χ3n) is 4.22. The number of hydrogen-bond acceptors (Lipinski definition) is 2. The van der Waals surface area contributed by atoms with E-state index in [2.05, 4.69) is 5.92 Å². The summed E-state index contributed by atoms with van der Waals surface area (Å²) in [7, 11) is 0. The molecule has 2 atom stereocenters. The molecule has 2 aliphatic rings. The van der Waals surface area contributed by atoms with Crippen molar-refractivity contribution in [3.63, 3.8) is 0 Å². The average Bonchev–Trinajstić information content (AvgIpc) is 2.76.